The zero-order valence-electron chi connectivity index (χ0n) is 17.9. The Morgan fingerprint density at radius 2 is 1.87 bits per heavy atom. The van der Waals surface area contributed by atoms with E-state index < -0.39 is 41.5 Å². The molecule has 1 aromatic carbocycles. The smallest absolute Gasteiger partial charge is 0.417 e. The summed E-state index contributed by atoms with van der Waals surface area (Å²) in [4.78, 5) is 50.9. The van der Waals surface area contributed by atoms with Crippen molar-refractivity contribution in [2.45, 2.75) is 58.6 Å². The third-order valence-corrected chi connectivity index (χ3v) is 4.44. The normalized spacial score (nSPS) is 17.3. The van der Waals surface area contributed by atoms with Crippen LogP contribution in [0.3, 0.4) is 0 Å². The van der Waals surface area contributed by atoms with Crippen LogP contribution < -0.4 is 0 Å². The average Bonchev–Trinajstić information content (AvgIpc) is 3.01. The number of benzene rings is 1. The number of carbonyl (C=O) groups excluding carboxylic acids is 4. The summed E-state index contributed by atoms with van der Waals surface area (Å²) in [5.41, 5.74) is 0.250. The van der Waals surface area contributed by atoms with Gasteiger partial charge in [-0.15, -0.1) is 0 Å². The molecule has 1 fully saturated rings. The number of carbonyl (C=O) groups is 4. The molecule has 2 atom stereocenters. The lowest BCUT2D eigenvalue weighted by Crippen LogP contribution is -2.46. The van der Waals surface area contributed by atoms with Crippen LogP contribution in [0, 0.1) is 5.92 Å². The van der Waals surface area contributed by atoms with Gasteiger partial charge < -0.3 is 14.2 Å². The largest absolute Gasteiger partial charge is 0.465 e. The van der Waals surface area contributed by atoms with Crippen LogP contribution in [0.1, 0.15) is 46.1 Å². The summed E-state index contributed by atoms with van der Waals surface area (Å²) in [5, 5.41) is 0. The summed E-state index contributed by atoms with van der Waals surface area (Å²) < 4.78 is 15.3. The molecule has 8 heteroatoms. The summed E-state index contributed by atoms with van der Waals surface area (Å²) in [6, 6.07) is 8.83. The fraction of sp³-hybridized carbons (Fsp3) is 0.545. The predicted molar refractivity (Wildman–Crippen MR) is 107 cm³/mol. The number of esters is 2. The number of amides is 2. The lowest BCUT2D eigenvalue weighted by atomic mass is 9.99. The number of nitrogens with zero attached hydrogens (tertiary/aromatic N) is 1. The van der Waals surface area contributed by atoms with Gasteiger partial charge in [0, 0.05) is 6.42 Å². The third-order valence-electron chi connectivity index (χ3n) is 4.44. The van der Waals surface area contributed by atoms with Crippen molar-refractivity contribution in [3.63, 3.8) is 0 Å². The monoisotopic (exact) mass is 419 g/mol. The van der Waals surface area contributed by atoms with Gasteiger partial charge in [0.1, 0.15) is 18.1 Å². The number of rotatable bonds is 8. The summed E-state index contributed by atoms with van der Waals surface area (Å²) in [6.45, 7) is 6.93. The van der Waals surface area contributed by atoms with Gasteiger partial charge in [-0.1, -0.05) is 30.3 Å². The molecule has 1 aromatic rings. The van der Waals surface area contributed by atoms with E-state index in [9.17, 15) is 19.2 Å². The van der Waals surface area contributed by atoms with Gasteiger partial charge in [0.05, 0.1) is 12.6 Å². The second kappa shape index (κ2) is 10.2. The highest BCUT2D eigenvalue weighted by Gasteiger charge is 2.43. The standard InChI is InChI=1S/C22H29NO7/c1-5-28-20(26)17(11-12-18(24)30-22(2,3)4)19(25)23-16(14-29-21(23)27)13-15-9-7-6-8-10-15/h6-10,16-17H,5,11-14H2,1-4H3. The minimum atomic E-state index is -1.29. The van der Waals surface area contributed by atoms with Gasteiger partial charge in [-0.3, -0.25) is 14.4 Å². The highest BCUT2D eigenvalue weighted by atomic mass is 16.6. The molecule has 2 amide bonds. The van der Waals surface area contributed by atoms with Crippen LogP contribution in [0.5, 0.6) is 0 Å². The molecule has 8 nitrogen and oxygen atoms in total. The molecule has 2 rings (SSSR count). The second-order valence-electron chi connectivity index (χ2n) is 8.06. The van der Waals surface area contributed by atoms with Crippen molar-refractivity contribution in [3.05, 3.63) is 35.9 Å². The zero-order chi connectivity index (χ0) is 22.3. The minimum Gasteiger partial charge on any atom is -0.465 e. The Morgan fingerprint density at radius 3 is 2.47 bits per heavy atom. The Bertz CT molecular complexity index is 769. The first-order chi connectivity index (χ1) is 14.1. The van der Waals surface area contributed by atoms with E-state index in [1.165, 1.54) is 0 Å². The fourth-order valence-corrected chi connectivity index (χ4v) is 3.17. The highest BCUT2D eigenvalue weighted by molar-refractivity contribution is 6.04. The van der Waals surface area contributed by atoms with E-state index >= 15 is 0 Å². The van der Waals surface area contributed by atoms with Crippen LogP contribution in [-0.2, 0) is 35.0 Å². The lowest BCUT2D eigenvalue weighted by Gasteiger charge is -2.24. The van der Waals surface area contributed by atoms with E-state index in [-0.39, 0.29) is 26.1 Å². The van der Waals surface area contributed by atoms with E-state index in [0.717, 1.165) is 10.5 Å². The van der Waals surface area contributed by atoms with Gasteiger partial charge in [0.25, 0.3) is 0 Å². The van der Waals surface area contributed by atoms with E-state index in [0.29, 0.717) is 6.42 Å². The van der Waals surface area contributed by atoms with Crippen molar-refractivity contribution in [1.29, 1.82) is 0 Å². The molecule has 0 aromatic heterocycles. The molecule has 0 N–H and O–H groups in total. The molecule has 30 heavy (non-hydrogen) atoms. The number of hydrogen-bond donors (Lipinski definition) is 0. The Balaban J connectivity index is 2.14. The molecule has 1 aliphatic heterocycles. The van der Waals surface area contributed by atoms with Crippen LogP contribution >= 0.6 is 0 Å². The van der Waals surface area contributed by atoms with Crippen LogP contribution in [-0.4, -0.2) is 53.7 Å². The molecule has 0 spiro atoms. The first-order valence-corrected chi connectivity index (χ1v) is 10.0. The maximum absolute atomic E-state index is 13.1. The number of ether oxygens (including phenoxy) is 3. The van der Waals surface area contributed by atoms with Gasteiger partial charge in [-0.2, -0.15) is 0 Å². The third kappa shape index (κ3) is 6.57. The van der Waals surface area contributed by atoms with Crippen LogP contribution in [0.25, 0.3) is 0 Å². The van der Waals surface area contributed by atoms with Gasteiger partial charge in [-0.25, -0.2) is 9.69 Å². The van der Waals surface area contributed by atoms with Gasteiger partial charge in [-0.05, 0) is 46.1 Å². The number of hydrogen-bond acceptors (Lipinski definition) is 7. The van der Waals surface area contributed by atoms with Crippen molar-refractivity contribution in [3.8, 4) is 0 Å². The highest BCUT2D eigenvalue weighted by Crippen LogP contribution is 2.23. The van der Waals surface area contributed by atoms with Crippen molar-refractivity contribution in [1.82, 2.24) is 4.90 Å². The summed E-state index contributed by atoms with van der Waals surface area (Å²) in [6.07, 6.45) is -0.667. The van der Waals surface area contributed by atoms with Crippen molar-refractivity contribution in [2.75, 3.05) is 13.2 Å². The molecule has 0 bridgehead atoms. The Kier molecular flexibility index (Phi) is 7.97. The molecule has 1 saturated heterocycles. The van der Waals surface area contributed by atoms with Crippen molar-refractivity contribution < 1.29 is 33.4 Å². The van der Waals surface area contributed by atoms with Crippen molar-refractivity contribution in [2.24, 2.45) is 5.92 Å². The Morgan fingerprint density at radius 1 is 1.20 bits per heavy atom. The van der Waals surface area contributed by atoms with Crippen LogP contribution in [0.2, 0.25) is 0 Å². The number of cyclic esters (lactones) is 1. The molecule has 2 unspecified atom stereocenters. The molecule has 1 aliphatic rings. The first-order valence-electron chi connectivity index (χ1n) is 10.0. The maximum Gasteiger partial charge on any atom is 0.417 e. The Hall–Kier alpha value is -2.90. The first kappa shape index (κ1) is 23.4. The fourth-order valence-electron chi connectivity index (χ4n) is 3.17. The Labute approximate surface area is 176 Å². The quantitative estimate of drug-likeness (QED) is 0.363. The maximum atomic E-state index is 13.1. The summed E-state index contributed by atoms with van der Waals surface area (Å²) in [7, 11) is 0. The van der Waals surface area contributed by atoms with Crippen LogP contribution in [0.4, 0.5) is 4.79 Å². The number of imide groups is 1. The SMILES string of the molecule is CCOC(=O)C(CCC(=O)OC(C)(C)C)C(=O)N1C(=O)OCC1Cc1ccccc1. The second-order valence-corrected chi connectivity index (χ2v) is 8.06. The summed E-state index contributed by atoms with van der Waals surface area (Å²) in [5.74, 6) is -3.32. The average molecular weight is 419 g/mol. The molecule has 164 valence electrons. The van der Waals surface area contributed by atoms with E-state index in [2.05, 4.69) is 0 Å². The van der Waals surface area contributed by atoms with Gasteiger partial charge >= 0.3 is 18.0 Å². The molecule has 0 aliphatic carbocycles. The topological polar surface area (TPSA) is 99.2 Å². The minimum absolute atomic E-state index is 0.0427. The van der Waals surface area contributed by atoms with Crippen LogP contribution in [0.15, 0.2) is 30.3 Å². The molecule has 0 radical (unpaired) electrons. The molecular formula is C22H29NO7. The van der Waals surface area contributed by atoms with Crippen molar-refractivity contribution >= 4 is 23.9 Å². The van der Waals surface area contributed by atoms with E-state index in [1.807, 2.05) is 30.3 Å². The predicted octanol–water partition coefficient (Wildman–Crippen LogP) is 2.88. The molecule has 1 heterocycles. The van der Waals surface area contributed by atoms with Gasteiger partial charge in [0.15, 0.2) is 0 Å². The van der Waals surface area contributed by atoms with E-state index in [4.69, 9.17) is 14.2 Å². The van der Waals surface area contributed by atoms with E-state index in [1.54, 1.807) is 27.7 Å². The molecular weight excluding hydrogens is 390 g/mol. The zero-order valence-corrected chi connectivity index (χ0v) is 17.9. The summed E-state index contributed by atoms with van der Waals surface area (Å²) >= 11 is 0. The molecule has 0 saturated carbocycles. The van der Waals surface area contributed by atoms with Gasteiger partial charge in [0.2, 0.25) is 5.91 Å². The lowest BCUT2D eigenvalue weighted by molar-refractivity contribution is -0.157.